The van der Waals surface area contributed by atoms with Crippen LogP contribution in [-0.4, -0.2) is 36.0 Å². The van der Waals surface area contributed by atoms with E-state index in [-0.39, 0.29) is 5.60 Å². The van der Waals surface area contributed by atoms with Gasteiger partial charge in [0, 0.05) is 30.5 Å². The van der Waals surface area contributed by atoms with Crippen molar-refractivity contribution in [1.29, 1.82) is 0 Å². The molecule has 23 heavy (non-hydrogen) atoms. The monoisotopic (exact) mass is 331 g/mol. The lowest BCUT2D eigenvalue weighted by atomic mass is 9.74. The summed E-state index contributed by atoms with van der Waals surface area (Å²) < 4.78 is 5.46. The number of benzene rings is 1. The second kappa shape index (κ2) is 4.97. The summed E-state index contributed by atoms with van der Waals surface area (Å²) in [7, 11) is 0. The van der Waals surface area contributed by atoms with E-state index >= 15 is 0 Å². The summed E-state index contributed by atoms with van der Waals surface area (Å²) in [6, 6.07) is 7.68. The third kappa shape index (κ3) is 2.26. The van der Waals surface area contributed by atoms with E-state index in [0.717, 1.165) is 35.5 Å². The third-order valence-electron chi connectivity index (χ3n) is 5.40. The van der Waals surface area contributed by atoms with E-state index in [9.17, 15) is 0 Å². The first kappa shape index (κ1) is 13.8. The van der Waals surface area contributed by atoms with Gasteiger partial charge >= 0.3 is 0 Å². The van der Waals surface area contributed by atoms with E-state index in [1.165, 1.54) is 25.9 Å². The number of halogens is 1. The number of rotatable bonds is 1. The van der Waals surface area contributed by atoms with Crippen LogP contribution in [-0.2, 0) is 4.84 Å². The molecule has 5 heterocycles. The van der Waals surface area contributed by atoms with Crippen LogP contribution < -0.4 is 5.48 Å². The first-order valence-electron chi connectivity index (χ1n) is 8.13. The highest BCUT2D eigenvalue weighted by Crippen LogP contribution is 2.42. The number of aliphatic imine (C=N–C) groups is 1. The van der Waals surface area contributed by atoms with Crippen LogP contribution in [0.25, 0.3) is 11.0 Å². The van der Waals surface area contributed by atoms with Crippen LogP contribution in [0, 0.1) is 5.92 Å². The van der Waals surface area contributed by atoms with Crippen molar-refractivity contribution in [3.63, 3.8) is 0 Å². The van der Waals surface area contributed by atoms with E-state index in [0.29, 0.717) is 11.1 Å². The molecule has 1 aromatic carbocycles. The van der Waals surface area contributed by atoms with Crippen LogP contribution in [0.4, 0.5) is 5.69 Å². The summed E-state index contributed by atoms with van der Waals surface area (Å²) >= 11 is 5.90. The van der Waals surface area contributed by atoms with Crippen molar-refractivity contribution in [2.75, 3.05) is 19.6 Å². The fourth-order valence-electron chi connectivity index (χ4n) is 4.23. The van der Waals surface area contributed by atoms with Crippen LogP contribution >= 0.6 is 11.6 Å². The van der Waals surface area contributed by atoms with Crippen molar-refractivity contribution in [3.8, 4) is 0 Å². The van der Waals surface area contributed by atoms with E-state index in [1.54, 1.807) is 0 Å². The fraction of sp³-hybridized carbons (Fsp3) is 0.471. The highest BCUT2D eigenvalue weighted by atomic mass is 35.5. The molecule has 1 spiro atoms. The maximum atomic E-state index is 6.02. The highest BCUT2D eigenvalue weighted by Gasteiger charge is 2.52. The number of nitrogens with zero attached hydrogens (tertiary/aromatic N) is 2. The first-order chi connectivity index (χ1) is 11.2. The minimum Gasteiger partial charge on any atom is -0.445 e. The molecule has 1 atom stereocenters. The van der Waals surface area contributed by atoms with Crippen molar-refractivity contribution in [1.82, 2.24) is 10.4 Å². The number of piperidine rings is 3. The van der Waals surface area contributed by atoms with Gasteiger partial charge in [0.1, 0.15) is 17.0 Å². The average Bonchev–Trinajstić information content (AvgIpc) is 3.11. The van der Waals surface area contributed by atoms with Gasteiger partial charge < -0.3 is 9.32 Å². The fourth-order valence-corrected chi connectivity index (χ4v) is 4.43. The molecule has 1 aromatic heterocycles. The zero-order valence-corrected chi connectivity index (χ0v) is 13.5. The number of hydrogen-bond acceptors (Lipinski definition) is 4. The van der Waals surface area contributed by atoms with Gasteiger partial charge in [0.2, 0.25) is 0 Å². The SMILES string of the molecule is Clc1cc2ccc(N=C3CC4(CN5CCC4CC5)ON3)cc2o1. The molecule has 5 nitrogen and oxygen atoms in total. The van der Waals surface area contributed by atoms with Gasteiger partial charge in [-0.3, -0.25) is 10.3 Å². The molecule has 2 bridgehead atoms. The van der Waals surface area contributed by atoms with Crippen LogP contribution in [0.3, 0.4) is 0 Å². The molecule has 6 heteroatoms. The Hall–Kier alpha value is -1.56. The van der Waals surface area contributed by atoms with Gasteiger partial charge in [0.15, 0.2) is 5.22 Å². The molecule has 0 aliphatic carbocycles. The summed E-state index contributed by atoms with van der Waals surface area (Å²) in [5.41, 5.74) is 4.59. The summed E-state index contributed by atoms with van der Waals surface area (Å²) in [6.45, 7) is 3.42. The number of amidine groups is 1. The minimum atomic E-state index is -0.0899. The summed E-state index contributed by atoms with van der Waals surface area (Å²) in [5.74, 6) is 1.54. The van der Waals surface area contributed by atoms with Crippen molar-refractivity contribution in [2.45, 2.75) is 24.9 Å². The van der Waals surface area contributed by atoms with Crippen molar-refractivity contribution in [2.24, 2.45) is 10.9 Å². The summed E-state index contributed by atoms with van der Waals surface area (Å²) in [4.78, 5) is 13.2. The maximum Gasteiger partial charge on any atom is 0.194 e. The predicted octanol–water partition coefficient (Wildman–Crippen LogP) is 3.51. The lowest BCUT2D eigenvalue weighted by molar-refractivity contribution is -0.150. The molecule has 4 aliphatic rings. The predicted molar refractivity (Wildman–Crippen MR) is 89.1 cm³/mol. The second-order valence-electron chi connectivity index (χ2n) is 6.83. The van der Waals surface area contributed by atoms with E-state index in [1.807, 2.05) is 24.3 Å². The van der Waals surface area contributed by atoms with Crippen LogP contribution in [0.2, 0.25) is 5.22 Å². The number of hydrogen-bond donors (Lipinski definition) is 1. The van der Waals surface area contributed by atoms with Crippen LogP contribution in [0.5, 0.6) is 0 Å². The smallest absolute Gasteiger partial charge is 0.194 e. The Bertz CT molecular complexity index is 794. The molecule has 0 radical (unpaired) electrons. The Kier molecular flexibility index (Phi) is 2.99. The number of nitrogens with one attached hydrogen (secondary N) is 1. The van der Waals surface area contributed by atoms with Crippen LogP contribution in [0.15, 0.2) is 33.7 Å². The minimum absolute atomic E-state index is 0.0899. The number of fused-ring (bicyclic) bond motifs is 3. The molecule has 6 rings (SSSR count). The summed E-state index contributed by atoms with van der Waals surface area (Å²) in [5, 5.41) is 1.39. The van der Waals surface area contributed by atoms with E-state index in [4.69, 9.17) is 25.8 Å². The molecular weight excluding hydrogens is 314 g/mol. The Labute approximate surface area is 139 Å². The molecule has 1 N–H and O–H groups in total. The molecular formula is C17H18ClN3O2. The van der Waals surface area contributed by atoms with Gasteiger partial charge in [-0.25, -0.2) is 4.99 Å². The zero-order valence-electron chi connectivity index (χ0n) is 12.7. The highest BCUT2D eigenvalue weighted by molar-refractivity contribution is 6.29. The van der Waals surface area contributed by atoms with Gasteiger partial charge in [-0.05, 0) is 55.6 Å². The second-order valence-corrected chi connectivity index (χ2v) is 7.20. The quantitative estimate of drug-likeness (QED) is 0.869. The molecule has 4 fully saturated rings. The Morgan fingerprint density at radius 1 is 1.26 bits per heavy atom. The van der Waals surface area contributed by atoms with Gasteiger partial charge in [0.25, 0.3) is 0 Å². The van der Waals surface area contributed by atoms with Crippen molar-refractivity contribution in [3.05, 3.63) is 29.5 Å². The third-order valence-corrected chi connectivity index (χ3v) is 5.59. The number of hydroxylamine groups is 1. The molecule has 0 amide bonds. The average molecular weight is 332 g/mol. The normalized spacial score (nSPS) is 34.6. The lowest BCUT2D eigenvalue weighted by Crippen LogP contribution is -2.59. The summed E-state index contributed by atoms with van der Waals surface area (Å²) in [6.07, 6.45) is 3.31. The van der Waals surface area contributed by atoms with E-state index in [2.05, 4.69) is 10.4 Å². The maximum absolute atomic E-state index is 6.02. The van der Waals surface area contributed by atoms with Gasteiger partial charge in [0.05, 0.1) is 5.69 Å². The van der Waals surface area contributed by atoms with Gasteiger partial charge in [-0.15, -0.1) is 0 Å². The molecule has 4 saturated heterocycles. The largest absolute Gasteiger partial charge is 0.445 e. The van der Waals surface area contributed by atoms with Gasteiger partial charge in [-0.2, -0.15) is 0 Å². The van der Waals surface area contributed by atoms with Crippen molar-refractivity contribution >= 4 is 34.1 Å². The van der Waals surface area contributed by atoms with Crippen LogP contribution in [0.1, 0.15) is 19.3 Å². The molecule has 1 unspecified atom stereocenters. The van der Waals surface area contributed by atoms with E-state index < -0.39 is 0 Å². The molecule has 4 aliphatic heterocycles. The molecule has 2 aromatic rings. The Morgan fingerprint density at radius 2 is 2.13 bits per heavy atom. The topological polar surface area (TPSA) is 50.0 Å². The first-order valence-corrected chi connectivity index (χ1v) is 8.51. The molecule has 0 saturated carbocycles. The zero-order chi connectivity index (χ0) is 15.4. The van der Waals surface area contributed by atoms with Gasteiger partial charge in [-0.1, -0.05) is 0 Å². The lowest BCUT2D eigenvalue weighted by Gasteiger charge is -2.49. The Balaban J connectivity index is 1.42. The van der Waals surface area contributed by atoms with Crippen molar-refractivity contribution < 1.29 is 9.25 Å². The molecule has 120 valence electrons. The standard InChI is InChI=1S/C17H18ClN3O2/c18-15-7-11-1-2-13(8-14(11)22-15)19-16-9-17(23-20-16)10-21-5-3-12(17)4-6-21/h1-2,7-8,12H,3-6,9-10H2,(H,19,20). The number of furan rings is 1. The Morgan fingerprint density at radius 3 is 2.91 bits per heavy atom.